The number of halogens is 1. The fraction of sp³-hybridized carbons (Fsp3) is 0.769. The highest BCUT2D eigenvalue weighted by Gasteiger charge is 2.17. The predicted molar refractivity (Wildman–Crippen MR) is 89.2 cm³/mol. The van der Waals surface area contributed by atoms with Crippen LogP contribution in [0.1, 0.15) is 0 Å². The van der Waals surface area contributed by atoms with Crippen molar-refractivity contribution in [1.82, 2.24) is 15.0 Å². The largest absolute Gasteiger partial charge is 0.370 e. The van der Waals surface area contributed by atoms with Crippen LogP contribution in [0.3, 0.4) is 0 Å². The van der Waals surface area contributed by atoms with E-state index in [2.05, 4.69) is 25.2 Å². The third kappa shape index (κ3) is 4.58. The van der Waals surface area contributed by atoms with E-state index in [1.54, 1.807) is 4.90 Å². The van der Waals surface area contributed by atoms with E-state index >= 15 is 0 Å². The summed E-state index contributed by atoms with van der Waals surface area (Å²) in [6, 6.07) is 0. The van der Waals surface area contributed by atoms with Gasteiger partial charge in [0.15, 0.2) is 0 Å². The number of anilines is 2. The topological polar surface area (TPSA) is 67.6 Å². The lowest BCUT2D eigenvalue weighted by Crippen LogP contribution is -3.14. The second-order valence-electron chi connectivity index (χ2n) is 5.37. The van der Waals surface area contributed by atoms with Gasteiger partial charge in [0.2, 0.25) is 17.2 Å². The van der Waals surface area contributed by atoms with Gasteiger partial charge in [-0.25, -0.2) is 0 Å². The molecule has 0 spiro atoms. The summed E-state index contributed by atoms with van der Waals surface area (Å²) >= 11 is 8.00. The summed E-state index contributed by atoms with van der Waals surface area (Å²) in [6.45, 7) is 7.61. The number of morpholine rings is 1. The first kappa shape index (κ1) is 16.0. The van der Waals surface area contributed by atoms with Crippen LogP contribution in [-0.4, -0.2) is 78.9 Å². The van der Waals surface area contributed by atoms with E-state index in [0.29, 0.717) is 11.9 Å². The Bertz CT molecular complexity index is 482. The van der Waals surface area contributed by atoms with E-state index in [0.717, 1.165) is 64.0 Å². The lowest BCUT2D eigenvalue weighted by Gasteiger charge is -2.26. The molecule has 0 radical (unpaired) electrons. The lowest BCUT2D eigenvalue weighted by molar-refractivity contribution is -0.906. The Labute approximate surface area is 139 Å². The minimum Gasteiger partial charge on any atom is -0.370 e. The highest BCUT2D eigenvalue weighted by molar-refractivity contribution is 7.99. The standard InChI is InChI=1S/C13H21ClN6OS/c14-11-16-12(15-1-2-19-3-7-21-8-4-19)18-13(17-11)20-5-9-22-10-6-20/h1-10H2,(H,15,16,17,18)/p+1. The molecular weight excluding hydrogens is 324 g/mol. The van der Waals surface area contributed by atoms with Crippen LogP contribution in [0, 0.1) is 0 Å². The molecule has 2 fully saturated rings. The molecule has 2 aliphatic heterocycles. The molecule has 2 N–H and O–H groups in total. The Kier molecular flexibility index (Phi) is 5.94. The summed E-state index contributed by atoms with van der Waals surface area (Å²) in [4.78, 5) is 16.7. The maximum absolute atomic E-state index is 6.04. The van der Waals surface area contributed by atoms with E-state index < -0.39 is 0 Å². The van der Waals surface area contributed by atoms with Gasteiger partial charge < -0.3 is 19.9 Å². The first-order chi connectivity index (χ1) is 10.8. The second-order valence-corrected chi connectivity index (χ2v) is 6.93. The Morgan fingerprint density at radius 3 is 2.73 bits per heavy atom. The quantitative estimate of drug-likeness (QED) is 0.739. The molecule has 1 aromatic rings. The van der Waals surface area contributed by atoms with E-state index in [1.807, 2.05) is 11.8 Å². The summed E-state index contributed by atoms with van der Waals surface area (Å²) in [6.07, 6.45) is 0. The summed E-state index contributed by atoms with van der Waals surface area (Å²) in [5.41, 5.74) is 0. The fourth-order valence-corrected chi connectivity index (χ4v) is 3.64. The van der Waals surface area contributed by atoms with Crippen LogP contribution in [0.4, 0.5) is 11.9 Å². The number of nitrogens with zero attached hydrogens (tertiary/aromatic N) is 4. The zero-order chi connectivity index (χ0) is 15.2. The number of ether oxygens (including phenoxy) is 1. The zero-order valence-corrected chi connectivity index (χ0v) is 14.1. The van der Waals surface area contributed by atoms with E-state index in [-0.39, 0.29) is 5.28 Å². The maximum atomic E-state index is 6.04. The summed E-state index contributed by atoms with van der Waals surface area (Å²) in [7, 11) is 0. The second kappa shape index (κ2) is 8.14. The van der Waals surface area contributed by atoms with Crippen LogP contribution in [0.25, 0.3) is 0 Å². The van der Waals surface area contributed by atoms with Crippen molar-refractivity contribution >= 4 is 35.3 Å². The molecule has 0 aliphatic carbocycles. The van der Waals surface area contributed by atoms with Crippen LogP contribution in [0.15, 0.2) is 0 Å². The zero-order valence-electron chi connectivity index (χ0n) is 12.6. The van der Waals surface area contributed by atoms with Gasteiger partial charge in [0.05, 0.1) is 26.3 Å². The van der Waals surface area contributed by atoms with Gasteiger partial charge >= 0.3 is 0 Å². The summed E-state index contributed by atoms with van der Waals surface area (Å²) < 4.78 is 5.36. The molecule has 7 nitrogen and oxygen atoms in total. The molecule has 0 bridgehead atoms. The number of rotatable bonds is 5. The van der Waals surface area contributed by atoms with Crippen molar-refractivity contribution in [2.24, 2.45) is 0 Å². The Morgan fingerprint density at radius 1 is 1.18 bits per heavy atom. The third-order valence-electron chi connectivity index (χ3n) is 3.85. The van der Waals surface area contributed by atoms with Gasteiger partial charge in [0.25, 0.3) is 0 Å². The van der Waals surface area contributed by atoms with E-state index in [4.69, 9.17) is 16.3 Å². The van der Waals surface area contributed by atoms with Crippen LogP contribution in [0.5, 0.6) is 0 Å². The Balaban J connectivity index is 1.54. The van der Waals surface area contributed by atoms with Crippen molar-refractivity contribution in [3.05, 3.63) is 5.28 Å². The fourth-order valence-electron chi connectivity index (χ4n) is 2.58. The normalized spacial score (nSPS) is 20.1. The van der Waals surface area contributed by atoms with Crippen molar-refractivity contribution in [3.63, 3.8) is 0 Å². The van der Waals surface area contributed by atoms with Gasteiger partial charge in [-0.1, -0.05) is 0 Å². The number of hydrogen-bond donors (Lipinski definition) is 2. The minimum atomic E-state index is 0.254. The molecule has 22 heavy (non-hydrogen) atoms. The van der Waals surface area contributed by atoms with Crippen molar-refractivity contribution in [1.29, 1.82) is 0 Å². The summed E-state index contributed by atoms with van der Waals surface area (Å²) in [5.74, 6) is 3.46. The van der Waals surface area contributed by atoms with E-state index in [1.165, 1.54) is 0 Å². The molecule has 0 aromatic carbocycles. The number of aromatic nitrogens is 3. The Morgan fingerprint density at radius 2 is 1.95 bits per heavy atom. The van der Waals surface area contributed by atoms with Crippen LogP contribution in [-0.2, 0) is 4.74 Å². The van der Waals surface area contributed by atoms with Crippen molar-refractivity contribution in [2.45, 2.75) is 0 Å². The lowest BCUT2D eigenvalue weighted by atomic mass is 10.4. The SMILES string of the molecule is Clc1nc(NCC[NH+]2CCOCC2)nc(N2CCSCC2)n1. The number of hydrogen-bond acceptors (Lipinski definition) is 7. The highest BCUT2D eigenvalue weighted by Crippen LogP contribution is 2.18. The Hall–Kier alpha value is -0.830. The van der Waals surface area contributed by atoms with Gasteiger partial charge in [-0.2, -0.15) is 26.7 Å². The molecule has 9 heteroatoms. The summed E-state index contributed by atoms with van der Waals surface area (Å²) in [5, 5.41) is 3.53. The van der Waals surface area contributed by atoms with Crippen LogP contribution in [0.2, 0.25) is 5.28 Å². The molecule has 0 amide bonds. The van der Waals surface area contributed by atoms with Crippen LogP contribution < -0.4 is 15.1 Å². The molecule has 3 rings (SSSR count). The number of quaternary nitrogens is 1. The minimum absolute atomic E-state index is 0.254. The molecule has 2 aliphatic rings. The molecular formula is C13H22ClN6OS+. The van der Waals surface area contributed by atoms with Crippen molar-refractivity contribution in [2.75, 3.05) is 74.2 Å². The molecule has 1 aromatic heterocycles. The molecule has 122 valence electrons. The average molecular weight is 346 g/mol. The molecule has 0 saturated carbocycles. The molecule has 3 heterocycles. The van der Waals surface area contributed by atoms with Gasteiger partial charge in [0, 0.05) is 24.6 Å². The van der Waals surface area contributed by atoms with Crippen LogP contribution >= 0.6 is 23.4 Å². The smallest absolute Gasteiger partial charge is 0.231 e. The van der Waals surface area contributed by atoms with Crippen molar-refractivity contribution < 1.29 is 9.64 Å². The van der Waals surface area contributed by atoms with Crippen molar-refractivity contribution in [3.8, 4) is 0 Å². The highest BCUT2D eigenvalue weighted by atomic mass is 35.5. The van der Waals surface area contributed by atoms with E-state index in [9.17, 15) is 0 Å². The predicted octanol–water partition coefficient (Wildman–Crippen LogP) is -0.595. The molecule has 0 unspecified atom stereocenters. The van der Waals surface area contributed by atoms with Gasteiger partial charge in [0.1, 0.15) is 13.1 Å². The van der Waals surface area contributed by atoms with Gasteiger partial charge in [-0.05, 0) is 11.6 Å². The third-order valence-corrected chi connectivity index (χ3v) is 4.96. The molecule has 2 saturated heterocycles. The van der Waals surface area contributed by atoms with Gasteiger partial charge in [-0.3, -0.25) is 0 Å². The average Bonchev–Trinajstić information content (AvgIpc) is 2.56. The number of nitrogens with one attached hydrogen (secondary N) is 2. The number of thioether (sulfide) groups is 1. The maximum Gasteiger partial charge on any atom is 0.231 e. The molecule has 0 atom stereocenters. The first-order valence-corrected chi connectivity index (χ1v) is 9.24. The van der Waals surface area contributed by atoms with Gasteiger partial charge in [-0.15, -0.1) is 0 Å². The first-order valence-electron chi connectivity index (χ1n) is 7.71. The monoisotopic (exact) mass is 345 g/mol.